The summed E-state index contributed by atoms with van der Waals surface area (Å²) in [7, 11) is -3.19. The topological polar surface area (TPSA) is 84.5 Å². The minimum absolute atomic E-state index is 0.126. The van der Waals surface area contributed by atoms with Crippen LogP contribution in [0.5, 0.6) is 5.75 Å². The number of hydrogen-bond donors (Lipinski definition) is 2. The Hall–Kier alpha value is -2.54. The minimum atomic E-state index is -3.19. The molecule has 0 fully saturated rings. The number of hydrogen-bond acceptors (Lipinski definition) is 4. The van der Waals surface area contributed by atoms with Gasteiger partial charge in [0.15, 0.2) is 9.84 Å². The number of carbonyl (C=O) groups excluding carboxylic acids is 1. The van der Waals surface area contributed by atoms with Gasteiger partial charge in [-0.2, -0.15) is 0 Å². The lowest BCUT2D eigenvalue weighted by Crippen LogP contribution is -2.33. The molecule has 0 unspecified atom stereocenters. The van der Waals surface area contributed by atoms with E-state index < -0.39 is 15.9 Å². The monoisotopic (exact) mass is 346 g/mol. The molecular weight excluding hydrogens is 328 g/mol. The van der Waals surface area contributed by atoms with Gasteiger partial charge in [0, 0.05) is 17.5 Å². The number of anilines is 1. The summed E-state index contributed by atoms with van der Waals surface area (Å²) >= 11 is 0. The molecule has 3 rings (SSSR count). The molecule has 7 heteroatoms. The molecule has 1 aliphatic heterocycles. The molecule has 24 heavy (non-hydrogen) atoms. The molecule has 1 aliphatic rings. The number of urea groups is 1. The van der Waals surface area contributed by atoms with Gasteiger partial charge >= 0.3 is 6.03 Å². The van der Waals surface area contributed by atoms with E-state index in [1.54, 1.807) is 24.3 Å². The van der Waals surface area contributed by atoms with Crippen molar-refractivity contribution in [1.82, 2.24) is 5.32 Å². The van der Waals surface area contributed by atoms with Gasteiger partial charge in [0.05, 0.1) is 11.8 Å². The summed E-state index contributed by atoms with van der Waals surface area (Å²) in [6.07, 6.45) is 1.16. The van der Waals surface area contributed by atoms with E-state index >= 15 is 0 Å². The highest BCUT2D eigenvalue weighted by atomic mass is 32.2. The lowest BCUT2D eigenvalue weighted by Gasteiger charge is -2.15. The molecule has 2 aromatic rings. The number of ether oxygens (including phenoxy) is 1. The van der Waals surface area contributed by atoms with Crippen molar-refractivity contribution >= 4 is 21.6 Å². The number of carbonyl (C=O) groups is 1. The largest absolute Gasteiger partial charge is 0.491 e. The fourth-order valence-corrected chi connectivity index (χ4v) is 3.47. The van der Waals surface area contributed by atoms with E-state index in [-0.39, 0.29) is 11.8 Å². The molecule has 2 aromatic carbocycles. The van der Waals surface area contributed by atoms with Gasteiger partial charge in [0.1, 0.15) is 12.4 Å². The van der Waals surface area contributed by atoms with Crippen molar-refractivity contribution in [2.45, 2.75) is 11.8 Å². The quantitative estimate of drug-likeness (QED) is 0.891. The number of rotatable bonds is 4. The predicted octanol–water partition coefficient (Wildman–Crippen LogP) is 2.49. The molecular formula is C17H18N2O4S. The van der Waals surface area contributed by atoms with E-state index in [9.17, 15) is 13.2 Å². The van der Waals surface area contributed by atoms with Crippen LogP contribution in [-0.2, 0) is 15.6 Å². The highest BCUT2D eigenvalue weighted by molar-refractivity contribution is 7.89. The maximum absolute atomic E-state index is 12.3. The third-order valence-electron chi connectivity index (χ3n) is 3.69. The van der Waals surface area contributed by atoms with Crippen LogP contribution >= 0.6 is 0 Å². The Morgan fingerprint density at radius 3 is 2.67 bits per heavy atom. The minimum Gasteiger partial charge on any atom is -0.491 e. The van der Waals surface area contributed by atoms with Crippen molar-refractivity contribution < 1.29 is 17.9 Å². The van der Waals surface area contributed by atoms with Crippen LogP contribution in [0.25, 0.3) is 0 Å². The Morgan fingerprint density at radius 1 is 1.17 bits per heavy atom. The van der Waals surface area contributed by atoms with E-state index in [0.717, 1.165) is 17.6 Å². The van der Waals surface area contributed by atoms with Gasteiger partial charge in [-0.05, 0) is 17.7 Å². The van der Waals surface area contributed by atoms with E-state index in [0.29, 0.717) is 17.9 Å². The predicted molar refractivity (Wildman–Crippen MR) is 91.8 cm³/mol. The smallest absolute Gasteiger partial charge is 0.319 e. The van der Waals surface area contributed by atoms with Gasteiger partial charge in [-0.1, -0.05) is 36.4 Å². The second-order valence-electron chi connectivity index (χ2n) is 5.73. The molecule has 2 amide bonds. The maximum atomic E-state index is 12.3. The zero-order valence-electron chi connectivity index (χ0n) is 13.2. The standard InChI is InChI=1S/C17H18N2O4S/c1-24(21,22)11-12-6-2-4-8-14(12)18-17(20)19-15-10-23-16-9-5-3-7-13(15)16/h2-9,15H,10-11H2,1H3,(H2,18,19,20)/t15-/m0/s1. The van der Waals surface area contributed by atoms with Crippen LogP contribution in [0.15, 0.2) is 48.5 Å². The summed E-state index contributed by atoms with van der Waals surface area (Å²) in [4.78, 5) is 12.3. The van der Waals surface area contributed by atoms with Gasteiger partial charge in [0.25, 0.3) is 0 Å². The summed E-state index contributed by atoms with van der Waals surface area (Å²) in [6.45, 7) is 0.373. The summed E-state index contributed by atoms with van der Waals surface area (Å²) in [5.74, 6) is 0.638. The first-order valence-electron chi connectivity index (χ1n) is 7.47. The molecule has 1 heterocycles. The van der Waals surface area contributed by atoms with Crippen molar-refractivity contribution in [3.8, 4) is 5.75 Å². The molecule has 0 saturated carbocycles. The van der Waals surface area contributed by atoms with Crippen LogP contribution < -0.4 is 15.4 Å². The molecule has 0 radical (unpaired) electrons. The molecule has 0 aromatic heterocycles. The number of benzene rings is 2. The van der Waals surface area contributed by atoms with Crippen LogP contribution in [0.2, 0.25) is 0 Å². The molecule has 126 valence electrons. The second-order valence-corrected chi connectivity index (χ2v) is 7.87. The average molecular weight is 346 g/mol. The lowest BCUT2D eigenvalue weighted by atomic mass is 10.1. The van der Waals surface area contributed by atoms with Gasteiger partial charge < -0.3 is 15.4 Å². The van der Waals surface area contributed by atoms with Crippen molar-refractivity contribution in [1.29, 1.82) is 0 Å². The molecule has 0 saturated heterocycles. The van der Waals surface area contributed by atoms with Crippen LogP contribution in [0.1, 0.15) is 17.2 Å². The summed E-state index contributed by atoms with van der Waals surface area (Å²) in [5.41, 5.74) is 1.96. The number of fused-ring (bicyclic) bond motifs is 1. The Morgan fingerprint density at radius 2 is 1.88 bits per heavy atom. The van der Waals surface area contributed by atoms with E-state index in [1.807, 2.05) is 24.3 Å². The molecule has 2 N–H and O–H groups in total. The van der Waals surface area contributed by atoms with Gasteiger partial charge in [0.2, 0.25) is 0 Å². The molecule has 1 atom stereocenters. The van der Waals surface area contributed by atoms with Crippen LogP contribution in [-0.4, -0.2) is 27.3 Å². The van der Waals surface area contributed by atoms with Gasteiger partial charge in [-0.25, -0.2) is 13.2 Å². The number of para-hydroxylation sites is 2. The van der Waals surface area contributed by atoms with E-state index in [2.05, 4.69) is 10.6 Å². The Labute approximate surface area is 140 Å². The van der Waals surface area contributed by atoms with Crippen molar-refractivity contribution in [3.05, 3.63) is 59.7 Å². The average Bonchev–Trinajstić information content (AvgIpc) is 2.91. The maximum Gasteiger partial charge on any atom is 0.319 e. The number of nitrogens with one attached hydrogen (secondary N) is 2. The molecule has 6 nitrogen and oxygen atoms in total. The normalized spacial score (nSPS) is 16.1. The summed E-state index contributed by atoms with van der Waals surface area (Å²) in [5, 5.41) is 5.57. The zero-order valence-corrected chi connectivity index (χ0v) is 14.0. The Kier molecular flexibility index (Phi) is 4.44. The van der Waals surface area contributed by atoms with Gasteiger partial charge in [-0.15, -0.1) is 0 Å². The van der Waals surface area contributed by atoms with Crippen LogP contribution in [0.4, 0.5) is 10.5 Å². The van der Waals surface area contributed by atoms with Crippen molar-refractivity contribution in [3.63, 3.8) is 0 Å². The third kappa shape index (κ3) is 3.86. The molecule has 0 spiro atoms. The summed E-state index contributed by atoms with van der Waals surface area (Å²) in [6, 6.07) is 13.7. The first-order chi connectivity index (χ1) is 11.4. The number of sulfone groups is 1. The molecule has 0 bridgehead atoms. The van der Waals surface area contributed by atoms with Crippen LogP contribution in [0, 0.1) is 0 Å². The highest BCUT2D eigenvalue weighted by Crippen LogP contribution is 2.31. The van der Waals surface area contributed by atoms with E-state index in [1.165, 1.54) is 0 Å². The molecule has 0 aliphatic carbocycles. The van der Waals surface area contributed by atoms with E-state index in [4.69, 9.17) is 4.74 Å². The van der Waals surface area contributed by atoms with Crippen LogP contribution in [0.3, 0.4) is 0 Å². The van der Waals surface area contributed by atoms with Crippen molar-refractivity contribution in [2.24, 2.45) is 0 Å². The second kappa shape index (κ2) is 6.52. The lowest BCUT2D eigenvalue weighted by molar-refractivity contribution is 0.243. The Balaban J connectivity index is 1.70. The summed E-state index contributed by atoms with van der Waals surface area (Å²) < 4.78 is 28.5. The highest BCUT2D eigenvalue weighted by Gasteiger charge is 2.25. The number of amides is 2. The first kappa shape index (κ1) is 16.3. The third-order valence-corrected chi connectivity index (χ3v) is 4.52. The SMILES string of the molecule is CS(=O)(=O)Cc1ccccc1NC(=O)N[C@H]1COc2ccccc21. The first-order valence-corrected chi connectivity index (χ1v) is 9.53. The zero-order chi connectivity index (χ0) is 17.2. The van der Waals surface area contributed by atoms with Gasteiger partial charge in [-0.3, -0.25) is 0 Å². The Bertz CT molecular complexity index is 864. The van der Waals surface area contributed by atoms with Crippen molar-refractivity contribution in [2.75, 3.05) is 18.2 Å². The fourth-order valence-electron chi connectivity index (χ4n) is 2.65. The fraction of sp³-hybridized carbons (Fsp3) is 0.235.